The van der Waals surface area contributed by atoms with E-state index in [1.807, 2.05) is 16.5 Å². The van der Waals surface area contributed by atoms with Gasteiger partial charge in [-0.1, -0.05) is 0 Å². The molecule has 2 saturated heterocycles. The van der Waals surface area contributed by atoms with Crippen molar-refractivity contribution in [2.45, 2.75) is 50.5 Å². The van der Waals surface area contributed by atoms with E-state index in [1.54, 1.807) is 0 Å². The van der Waals surface area contributed by atoms with Crippen LogP contribution in [0.1, 0.15) is 52.9 Å². The van der Waals surface area contributed by atoms with Gasteiger partial charge < -0.3 is 19.9 Å². The predicted octanol–water partition coefficient (Wildman–Crippen LogP) is 2.11. The van der Waals surface area contributed by atoms with Crippen LogP contribution in [-0.4, -0.2) is 57.0 Å². The normalized spacial score (nSPS) is 26.5. The van der Waals surface area contributed by atoms with Gasteiger partial charge in [-0.2, -0.15) is 0 Å². The number of rotatable bonds is 3. The molecule has 2 N–H and O–H groups in total. The molecule has 0 spiro atoms. The minimum atomic E-state index is -0.667. The third kappa shape index (κ3) is 3.64. The number of benzene rings is 1. The van der Waals surface area contributed by atoms with Crippen LogP contribution < -0.4 is 5.73 Å². The molecule has 2 aromatic rings. The van der Waals surface area contributed by atoms with Crippen LogP contribution in [0.5, 0.6) is 0 Å². The Labute approximate surface area is 179 Å². The third-order valence-corrected chi connectivity index (χ3v) is 6.77. The highest BCUT2D eigenvalue weighted by atomic mass is 19.1. The highest BCUT2D eigenvalue weighted by molar-refractivity contribution is 5.91. The van der Waals surface area contributed by atoms with Crippen molar-refractivity contribution in [3.05, 3.63) is 52.6 Å². The molecule has 0 saturated carbocycles. The quantitative estimate of drug-likeness (QED) is 0.806. The first-order chi connectivity index (χ1) is 14.9. The van der Waals surface area contributed by atoms with Gasteiger partial charge in [-0.25, -0.2) is 13.8 Å². The van der Waals surface area contributed by atoms with Crippen molar-refractivity contribution in [1.29, 1.82) is 0 Å². The molecule has 3 aliphatic rings. The lowest BCUT2D eigenvalue weighted by molar-refractivity contribution is -0.0535. The molecule has 7 nitrogen and oxygen atoms in total. The standard InChI is InChI=1S/C22H27F2N5O2/c1-27-19-11-29(10-18(19)26-21(27)22(30)28-6-2-3-7-28)14-9-17(25)20(31-12-14)15-8-13(23)4-5-16(15)24/h4-5,8,14,17,20H,2-3,6-7,9-12,25H2,1H3/t14-,17+,20-/m1/s1. The van der Waals surface area contributed by atoms with Crippen LogP contribution in [0.4, 0.5) is 8.78 Å². The zero-order valence-corrected chi connectivity index (χ0v) is 17.6. The molecular weight excluding hydrogens is 404 g/mol. The van der Waals surface area contributed by atoms with E-state index >= 15 is 0 Å². The topological polar surface area (TPSA) is 76.6 Å². The summed E-state index contributed by atoms with van der Waals surface area (Å²) in [5.41, 5.74) is 8.44. The molecule has 1 amide bonds. The van der Waals surface area contributed by atoms with Gasteiger partial charge in [-0.15, -0.1) is 0 Å². The van der Waals surface area contributed by atoms with Crippen molar-refractivity contribution in [1.82, 2.24) is 19.4 Å². The number of aromatic nitrogens is 2. The molecule has 0 bridgehead atoms. The highest BCUT2D eigenvalue weighted by Gasteiger charge is 2.38. The fourth-order valence-electron chi connectivity index (χ4n) is 5.02. The largest absolute Gasteiger partial charge is 0.370 e. The second-order valence-electron chi connectivity index (χ2n) is 8.77. The van der Waals surface area contributed by atoms with E-state index in [4.69, 9.17) is 10.5 Å². The lowest BCUT2D eigenvalue weighted by Gasteiger charge is -2.38. The molecule has 166 valence electrons. The van der Waals surface area contributed by atoms with Crippen LogP contribution in [0.25, 0.3) is 0 Å². The van der Waals surface area contributed by atoms with Gasteiger partial charge in [0.2, 0.25) is 0 Å². The zero-order valence-electron chi connectivity index (χ0n) is 17.6. The summed E-state index contributed by atoms with van der Waals surface area (Å²) in [5.74, 6) is -0.503. The number of halogens is 2. The molecule has 1 aromatic carbocycles. The third-order valence-electron chi connectivity index (χ3n) is 6.77. The number of fused-ring (bicyclic) bond motifs is 1. The molecule has 1 aromatic heterocycles. The van der Waals surface area contributed by atoms with E-state index in [2.05, 4.69) is 9.88 Å². The van der Waals surface area contributed by atoms with Gasteiger partial charge in [-0.05, 0) is 37.5 Å². The Morgan fingerprint density at radius 2 is 2.00 bits per heavy atom. The first-order valence-corrected chi connectivity index (χ1v) is 10.8. The Morgan fingerprint density at radius 1 is 1.23 bits per heavy atom. The molecule has 3 atom stereocenters. The predicted molar refractivity (Wildman–Crippen MR) is 109 cm³/mol. The van der Waals surface area contributed by atoms with Crippen molar-refractivity contribution in [2.75, 3.05) is 19.7 Å². The first-order valence-electron chi connectivity index (χ1n) is 10.8. The second-order valence-corrected chi connectivity index (χ2v) is 8.77. The van der Waals surface area contributed by atoms with E-state index in [0.717, 1.165) is 55.5 Å². The van der Waals surface area contributed by atoms with Crippen molar-refractivity contribution in [3.8, 4) is 0 Å². The minimum absolute atomic E-state index is 0.00364. The lowest BCUT2D eigenvalue weighted by Crippen LogP contribution is -2.48. The maximum atomic E-state index is 14.2. The summed E-state index contributed by atoms with van der Waals surface area (Å²) in [6.45, 7) is 3.25. The fourth-order valence-corrected chi connectivity index (χ4v) is 5.02. The van der Waals surface area contributed by atoms with Crippen LogP contribution in [0.3, 0.4) is 0 Å². The maximum Gasteiger partial charge on any atom is 0.289 e. The number of hydrogen-bond donors (Lipinski definition) is 1. The Kier molecular flexibility index (Phi) is 5.27. The number of hydrogen-bond acceptors (Lipinski definition) is 5. The molecule has 0 unspecified atom stereocenters. The number of imidazole rings is 1. The monoisotopic (exact) mass is 431 g/mol. The summed E-state index contributed by atoms with van der Waals surface area (Å²) in [5, 5.41) is 0. The molecule has 9 heteroatoms. The fraction of sp³-hybridized carbons (Fsp3) is 0.545. The Morgan fingerprint density at radius 3 is 2.71 bits per heavy atom. The SMILES string of the molecule is Cn1c(C(=O)N2CCCC2)nc2c1CN([C@H]1CO[C@H](c3cc(F)ccc3F)[C@@H](N)C1)C2. The van der Waals surface area contributed by atoms with Crippen molar-refractivity contribution >= 4 is 5.91 Å². The van der Waals surface area contributed by atoms with E-state index in [-0.39, 0.29) is 17.5 Å². The van der Waals surface area contributed by atoms with Crippen LogP contribution in [-0.2, 0) is 24.9 Å². The zero-order chi connectivity index (χ0) is 21.7. The molecule has 3 aliphatic heterocycles. The van der Waals surface area contributed by atoms with Gasteiger partial charge in [0.15, 0.2) is 5.82 Å². The summed E-state index contributed by atoms with van der Waals surface area (Å²) in [4.78, 5) is 21.5. The van der Waals surface area contributed by atoms with Gasteiger partial charge in [0.1, 0.15) is 17.7 Å². The average Bonchev–Trinajstić information content (AvgIpc) is 3.48. The van der Waals surface area contributed by atoms with E-state index in [1.165, 1.54) is 0 Å². The Balaban J connectivity index is 1.26. The molecular formula is C22H27F2N5O2. The van der Waals surface area contributed by atoms with Gasteiger partial charge in [0, 0.05) is 50.9 Å². The van der Waals surface area contributed by atoms with E-state index < -0.39 is 23.8 Å². The van der Waals surface area contributed by atoms with Crippen LogP contribution in [0, 0.1) is 11.6 Å². The summed E-state index contributed by atoms with van der Waals surface area (Å²) in [7, 11) is 1.89. The molecule has 4 heterocycles. The van der Waals surface area contributed by atoms with Gasteiger partial charge >= 0.3 is 0 Å². The van der Waals surface area contributed by atoms with Crippen LogP contribution in [0.15, 0.2) is 18.2 Å². The number of ether oxygens (including phenoxy) is 1. The number of nitrogens with zero attached hydrogens (tertiary/aromatic N) is 4. The van der Waals surface area contributed by atoms with Gasteiger partial charge in [0.25, 0.3) is 5.91 Å². The number of amides is 1. The van der Waals surface area contributed by atoms with Crippen molar-refractivity contribution in [3.63, 3.8) is 0 Å². The van der Waals surface area contributed by atoms with E-state index in [0.29, 0.717) is 31.9 Å². The maximum absolute atomic E-state index is 14.2. The number of carbonyl (C=O) groups excluding carboxylic acids is 1. The Hall–Kier alpha value is -2.36. The molecule has 2 fully saturated rings. The first kappa shape index (κ1) is 20.5. The van der Waals surface area contributed by atoms with Crippen molar-refractivity contribution in [2.24, 2.45) is 12.8 Å². The molecule has 31 heavy (non-hydrogen) atoms. The number of likely N-dealkylation sites (tertiary alicyclic amines) is 1. The summed E-state index contributed by atoms with van der Waals surface area (Å²) in [6.07, 6.45) is 2.03. The van der Waals surface area contributed by atoms with Gasteiger partial charge in [-0.3, -0.25) is 9.69 Å². The van der Waals surface area contributed by atoms with Crippen LogP contribution >= 0.6 is 0 Å². The lowest BCUT2D eigenvalue weighted by atomic mass is 9.93. The Bertz CT molecular complexity index is 1000. The number of nitrogens with two attached hydrogens (primary N) is 1. The highest BCUT2D eigenvalue weighted by Crippen LogP contribution is 2.34. The smallest absolute Gasteiger partial charge is 0.289 e. The summed E-state index contributed by atoms with van der Waals surface area (Å²) in [6, 6.07) is 2.97. The molecule has 0 aliphatic carbocycles. The minimum Gasteiger partial charge on any atom is -0.370 e. The summed E-state index contributed by atoms with van der Waals surface area (Å²) >= 11 is 0. The average molecular weight is 431 g/mol. The van der Waals surface area contributed by atoms with Gasteiger partial charge in [0.05, 0.1) is 18.0 Å². The molecule has 5 rings (SSSR count). The van der Waals surface area contributed by atoms with E-state index in [9.17, 15) is 13.6 Å². The summed E-state index contributed by atoms with van der Waals surface area (Å²) < 4.78 is 35.6. The number of carbonyl (C=O) groups is 1. The molecule has 0 radical (unpaired) electrons. The van der Waals surface area contributed by atoms with Crippen LogP contribution in [0.2, 0.25) is 0 Å². The second kappa shape index (κ2) is 7.96. The van der Waals surface area contributed by atoms with Crippen molar-refractivity contribution < 1.29 is 18.3 Å².